The molecule has 5 heteroatoms. The van der Waals surface area contributed by atoms with Crippen LogP contribution in [0.2, 0.25) is 0 Å². The summed E-state index contributed by atoms with van der Waals surface area (Å²) in [5.41, 5.74) is 2.74. The van der Waals surface area contributed by atoms with E-state index < -0.39 is 10.0 Å². The van der Waals surface area contributed by atoms with Crippen LogP contribution in [0.3, 0.4) is 0 Å². The Kier molecular flexibility index (Phi) is 3.37. The minimum atomic E-state index is -3.51. The van der Waals surface area contributed by atoms with Crippen LogP contribution in [0.4, 0.5) is 11.4 Å². The first-order valence-electron chi connectivity index (χ1n) is 6.90. The largest absolute Gasteiger partial charge is 0.371 e. The Morgan fingerprint density at radius 1 is 0.905 bits per heavy atom. The van der Waals surface area contributed by atoms with Gasteiger partial charge in [-0.05, 0) is 31.2 Å². The molecule has 3 rings (SSSR count). The molecule has 0 aromatic heterocycles. The van der Waals surface area contributed by atoms with Gasteiger partial charge in [-0.25, -0.2) is 8.42 Å². The zero-order valence-electron chi connectivity index (χ0n) is 12.2. The van der Waals surface area contributed by atoms with E-state index in [1.807, 2.05) is 50.4 Å². The minimum absolute atomic E-state index is 0.340. The molecule has 0 unspecified atom stereocenters. The second-order valence-electron chi connectivity index (χ2n) is 5.30. The zero-order chi connectivity index (χ0) is 15.0. The highest BCUT2D eigenvalue weighted by atomic mass is 32.2. The smallest absolute Gasteiger partial charge is 0.264 e. The lowest BCUT2D eigenvalue weighted by atomic mass is 10.2. The number of likely N-dealkylation sites (N-methyl/N-ethyl adjacent to an activating group) is 1. The van der Waals surface area contributed by atoms with Crippen molar-refractivity contribution >= 4 is 21.4 Å². The average Bonchev–Trinajstić information content (AvgIpc) is 2.48. The molecule has 0 spiro atoms. The van der Waals surface area contributed by atoms with Crippen molar-refractivity contribution in [3.8, 4) is 0 Å². The number of para-hydroxylation sites is 2. The summed E-state index contributed by atoms with van der Waals surface area (Å²) in [5, 5.41) is 0. The second kappa shape index (κ2) is 5.07. The van der Waals surface area contributed by atoms with Crippen molar-refractivity contribution in [3.05, 3.63) is 54.1 Å². The van der Waals surface area contributed by atoms with E-state index in [0.717, 1.165) is 16.9 Å². The van der Waals surface area contributed by atoms with Crippen LogP contribution >= 0.6 is 0 Å². The molecule has 2 aromatic rings. The zero-order valence-corrected chi connectivity index (χ0v) is 13.0. The molecule has 4 nitrogen and oxygen atoms in total. The molecular formula is C16H18N2O2S. The van der Waals surface area contributed by atoms with Gasteiger partial charge in [-0.2, -0.15) is 0 Å². The molecule has 1 aliphatic heterocycles. The summed E-state index contributed by atoms with van der Waals surface area (Å²) in [6.07, 6.45) is 0. The van der Waals surface area contributed by atoms with Crippen molar-refractivity contribution in [1.82, 2.24) is 0 Å². The van der Waals surface area contributed by atoms with Gasteiger partial charge in [0.1, 0.15) is 0 Å². The number of aryl methyl sites for hydroxylation is 1. The molecule has 110 valence electrons. The van der Waals surface area contributed by atoms with Gasteiger partial charge < -0.3 is 4.90 Å². The summed E-state index contributed by atoms with van der Waals surface area (Å²) >= 11 is 0. The van der Waals surface area contributed by atoms with Gasteiger partial charge in [-0.15, -0.1) is 0 Å². The monoisotopic (exact) mass is 302 g/mol. The standard InChI is InChI=1S/C16H18N2O2S/c1-13-7-9-14(10-8-13)21(19,20)18-12-11-17(2)15-5-3-4-6-16(15)18/h3-10H,11-12H2,1-2H3. The number of sulfonamides is 1. The Balaban J connectivity index is 2.08. The van der Waals surface area contributed by atoms with Crippen molar-refractivity contribution in [2.24, 2.45) is 0 Å². The van der Waals surface area contributed by atoms with Crippen LogP contribution in [-0.4, -0.2) is 28.6 Å². The Morgan fingerprint density at radius 2 is 1.52 bits per heavy atom. The number of hydrogen-bond donors (Lipinski definition) is 0. The van der Waals surface area contributed by atoms with Crippen LogP contribution in [0, 0.1) is 6.92 Å². The highest BCUT2D eigenvalue weighted by Crippen LogP contribution is 2.35. The molecule has 0 aliphatic carbocycles. The van der Waals surface area contributed by atoms with E-state index in [4.69, 9.17) is 0 Å². The molecule has 0 saturated carbocycles. The number of anilines is 2. The molecule has 0 atom stereocenters. The fourth-order valence-corrected chi connectivity index (χ4v) is 4.04. The number of benzene rings is 2. The van der Waals surface area contributed by atoms with Gasteiger partial charge in [0, 0.05) is 13.6 Å². The van der Waals surface area contributed by atoms with E-state index in [2.05, 4.69) is 4.90 Å². The first kappa shape index (κ1) is 13.9. The number of fused-ring (bicyclic) bond motifs is 1. The fourth-order valence-electron chi connectivity index (χ4n) is 2.57. The van der Waals surface area contributed by atoms with E-state index in [9.17, 15) is 8.42 Å². The van der Waals surface area contributed by atoms with Gasteiger partial charge in [-0.1, -0.05) is 29.8 Å². The van der Waals surface area contributed by atoms with E-state index in [0.29, 0.717) is 18.0 Å². The van der Waals surface area contributed by atoms with Crippen molar-refractivity contribution in [2.45, 2.75) is 11.8 Å². The summed E-state index contributed by atoms with van der Waals surface area (Å²) in [5.74, 6) is 0. The van der Waals surface area contributed by atoms with Crippen molar-refractivity contribution in [2.75, 3.05) is 29.3 Å². The summed E-state index contributed by atoms with van der Waals surface area (Å²) < 4.78 is 27.3. The third-order valence-electron chi connectivity index (χ3n) is 3.81. The van der Waals surface area contributed by atoms with Crippen molar-refractivity contribution < 1.29 is 8.42 Å². The molecule has 0 fully saturated rings. The van der Waals surface area contributed by atoms with Gasteiger partial charge in [-0.3, -0.25) is 4.31 Å². The Hall–Kier alpha value is -2.01. The quantitative estimate of drug-likeness (QED) is 0.856. The van der Waals surface area contributed by atoms with E-state index >= 15 is 0 Å². The highest BCUT2D eigenvalue weighted by Gasteiger charge is 2.30. The molecular weight excluding hydrogens is 284 g/mol. The maximum atomic E-state index is 12.9. The van der Waals surface area contributed by atoms with Gasteiger partial charge in [0.15, 0.2) is 0 Å². The Morgan fingerprint density at radius 3 is 2.19 bits per heavy atom. The first-order valence-corrected chi connectivity index (χ1v) is 8.34. The lowest BCUT2D eigenvalue weighted by molar-refractivity contribution is 0.589. The third-order valence-corrected chi connectivity index (χ3v) is 5.64. The molecule has 0 amide bonds. The Bertz CT molecular complexity index is 754. The lowest BCUT2D eigenvalue weighted by Crippen LogP contribution is -2.42. The molecule has 21 heavy (non-hydrogen) atoms. The second-order valence-corrected chi connectivity index (χ2v) is 7.16. The number of rotatable bonds is 2. The van der Waals surface area contributed by atoms with Crippen molar-refractivity contribution in [3.63, 3.8) is 0 Å². The summed E-state index contributed by atoms with van der Waals surface area (Å²) in [6, 6.07) is 14.6. The Labute approximate surface area is 125 Å². The predicted molar refractivity (Wildman–Crippen MR) is 85.4 cm³/mol. The van der Waals surface area contributed by atoms with E-state index in [1.165, 1.54) is 4.31 Å². The number of nitrogens with zero attached hydrogens (tertiary/aromatic N) is 2. The summed E-state index contributed by atoms with van der Waals surface area (Å²) in [7, 11) is -1.53. The minimum Gasteiger partial charge on any atom is -0.371 e. The normalized spacial score (nSPS) is 15.0. The van der Waals surface area contributed by atoms with Gasteiger partial charge in [0.05, 0.1) is 22.8 Å². The molecule has 0 saturated heterocycles. The SMILES string of the molecule is Cc1ccc(S(=O)(=O)N2CCN(C)c3ccccc32)cc1. The van der Waals surface area contributed by atoms with E-state index in [1.54, 1.807) is 12.1 Å². The van der Waals surface area contributed by atoms with E-state index in [-0.39, 0.29) is 0 Å². The van der Waals surface area contributed by atoms with Gasteiger partial charge in [0.25, 0.3) is 10.0 Å². The fraction of sp³-hybridized carbons (Fsp3) is 0.250. The molecule has 2 aromatic carbocycles. The van der Waals surface area contributed by atoms with Crippen molar-refractivity contribution in [1.29, 1.82) is 0 Å². The molecule has 0 radical (unpaired) electrons. The van der Waals surface area contributed by atoms with Crippen LogP contribution in [-0.2, 0) is 10.0 Å². The highest BCUT2D eigenvalue weighted by molar-refractivity contribution is 7.92. The summed E-state index contributed by atoms with van der Waals surface area (Å²) in [4.78, 5) is 2.42. The first-order chi connectivity index (χ1) is 10.00. The van der Waals surface area contributed by atoms with Crippen LogP contribution < -0.4 is 9.21 Å². The van der Waals surface area contributed by atoms with Crippen LogP contribution in [0.1, 0.15) is 5.56 Å². The van der Waals surface area contributed by atoms with Crippen LogP contribution in [0.5, 0.6) is 0 Å². The summed E-state index contributed by atoms with van der Waals surface area (Å²) in [6.45, 7) is 3.09. The molecule has 1 aliphatic rings. The van der Waals surface area contributed by atoms with Gasteiger partial charge in [0.2, 0.25) is 0 Å². The third kappa shape index (κ3) is 2.38. The molecule has 1 heterocycles. The van der Waals surface area contributed by atoms with Gasteiger partial charge >= 0.3 is 0 Å². The maximum absolute atomic E-state index is 12.9. The average molecular weight is 302 g/mol. The molecule has 0 bridgehead atoms. The number of hydrogen-bond acceptors (Lipinski definition) is 3. The predicted octanol–water partition coefficient (Wildman–Crippen LogP) is 2.64. The molecule has 0 N–H and O–H groups in total. The maximum Gasteiger partial charge on any atom is 0.264 e. The topological polar surface area (TPSA) is 40.6 Å². The van der Waals surface area contributed by atoms with Crippen LogP contribution in [0.25, 0.3) is 0 Å². The lowest BCUT2D eigenvalue weighted by Gasteiger charge is -2.36. The van der Waals surface area contributed by atoms with Crippen LogP contribution in [0.15, 0.2) is 53.4 Å².